The average molecular weight is 562 g/mol. The molecule has 40 heavy (non-hydrogen) atoms. The highest BCUT2D eigenvalue weighted by atomic mass is 32.2. The van der Waals surface area contributed by atoms with Gasteiger partial charge in [0.05, 0.1) is 33.3 Å². The van der Waals surface area contributed by atoms with Gasteiger partial charge in [-0.25, -0.2) is 5.43 Å². The van der Waals surface area contributed by atoms with E-state index in [9.17, 15) is 9.59 Å². The maximum Gasteiger partial charge on any atom is 0.308 e. The van der Waals surface area contributed by atoms with Crippen molar-refractivity contribution >= 4 is 29.9 Å². The summed E-state index contributed by atoms with van der Waals surface area (Å²) in [6.45, 7) is 1.28. The van der Waals surface area contributed by atoms with Gasteiger partial charge in [-0.1, -0.05) is 30.0 Å². The normalized spacial score (nSPS) is 10.8. The van der Waals surface area contributed by atoms with Gasteiger partial charge in [-0.15, -0.1) is 10.2 Å². The summed E-state index contributed by atoms with van der Waals surface area (Å²) in [6, 6.07) is 20.4. The summed E-state index contributed by atoms with van der Waals surface area (Å²) >= 11 is 1.23. The number of nitrogens with zero attached hydrogens (tertiary/aromatic N) is 4. The minimum absolute atomic E-state index is 0.0446. The summed E-state index contributed by atoms with van der Waals surface area (Å²) in [6.07, 6.45) is 1.43. The predicted molar refractivity (Wildman–Crippen MR) is 151 cm³/mol. The SMILES string of the molecule is COc1ccc(-c2nnc(SCC(=O)NN=Cc3cc(OC)c(OC(C)=O)c(OC)c3)n2-c2ccccc2)cc1. The van der Waals surface area contributed by atoms with Crippen LogP contribution in [0, 0.1) is 0 Å². The molecule has 0 saturated heterocycles. The van der Waals surface area contributed by atoms with Crippen molar-refractivity contribution in [2.24, 2.45) is 5.10 Å². The van der Waals surface area contributed by atoms with Gasteiger partial charge in [0.25, 0.3) is 5.91 Å². The van der Waals surface area contributed by atoms with E-state index in [4.69, 9.17) is 18.9 Å². The maximum atomic E-state index is 12.6. The molecule has 0 aliphatic carbocycles. The van der Waals surface area contributed by atoms with Crippen LogP contribution in [0.1, 0.15) is 12.5 Å². The minimum Gasteiger partial charge on any atom is -0.497 e. The van der Waals surface area contributed by atoms with E-state index in [-0.39, 0.29) is 28.9 Å². The largest absolute Gasteiger partial charge is 0.497 e. The van der Waals surface area contributed by atoms with Gasteiger partial charge >= 0.3 is 5.97 Å². The lowest BCUT2D eigenvalue weighted by molar-refractivity contribution is -0.132. The molecule has 0 saturated carbocycles. The molecule has 12 heteroatoms. The lowest BCUT2D eigenvalue weighted by Gasteiger charge is -2.13. The first-order chi connectivity index (χ1) is 19.4. The van der Waals surface area contributed by atoms with Crippen molar-refractivity contribution in [1.82, 2.24) is 20.2 Å². The number of rotatable bonds is 11. The first kappa shape index (κ1) is 28.2. The van der Waals surface area contributed by atoms with Crippen LogP contribution in [0.5, 0.6) is 23.0 Å². The second-order valence-electron chi connectivity index (χ2n) is 8.14. The van der Waals surface area contributed by atoms with E-state index in [1.807, 2.05) is 59.2 Å². The lowest BCUT2D eigenvalue weighted by atomic mass is 10.2. The fourth-order valence-corrected chi connectivity index (χ4v) is 4.40. The Balaban J connectivity index is 1.47. The number of ether oxygens (including phenoxy) is 4. The number of esters is 1. The van der Waals surface area contributed by atoms with E-state index >= 15 is 0 Å². The highest BCUT2D eigenvalue weighted by Gasteiger charge is 2.18. The molecule has 1 heterocycles. The molecular formula is C28H27N5O6S. The number of para-hydroxylation sites is 1. The molecular weight excluding hydrogens is 534 g/mol. The third kappa shape index (κ3) is 6.77. The zero-order chi connectivity index (χ0) is 28.5. The molecule has 0 radical (unpaired) electrons. The van der Waals surface area contributed by atoms with E-state index in [1.54, 1.807) is 19.2 Å². The summed E-state index contributed by atoms with van der Waals surface area (Å²) in [7, 11) is 4.49. The van der Waals surface area contributed by atoms with Gasteiger partial charge in [0.1, 0.15) is 5.75 Å². The summed E-state index contributed by atoms with van der Waals surface area (Å²) < 4.78 is 23.0. The van der Waals surface area contributed by atoms with Crippen LogP contribution >= 0.6 is 11.8 Å². The lowest BCUT2D eigenvalue weighted by Crippen LogP contribution is -2.20. The second-order valence-corrected chi connectivity index (χ2v) is 9.08. The standard InChI is InChI=1S/C28H27N5O6S/c1-18(34)39-26-23(37-3)14-19(15-24(26)38-4)16-29-30-25(35)17-40-28-32-31-27(20-10-12-22(36-2)13-11-20)33(28)21-8-6-5-7-9-21/h5-16H,17H2,1-4H3,(H,30,35). The molecule has 4 aromatic rings. The van der Waals surface area contributed by atoms with Crippen molar-refractivity contribution in [1.29, 1.82) is 0 Å². The van der Waals surface area contributed by atoms with E-state index in [0.29, 0.717) is 16.5 Å². The molecule has 0 atom stereocenters. The van der Waals surface area contributed by atoms with Gasteiger partial charge in [-0.3, -0.25) is 14.2 Å². The number of hydrogen-bond donors (Lipinski definition) is 1. The zero-order valence-electron chi connectivity index (χ0n) is 22.3. The molecule has 0 unspecified atom stereocenters. The molecule has 3 aromatic carbocycles. The van der Waals surface area contributed by atoms with E-state index < -0.39 is 5.97 Å². The molecule has 0 fully saturated rings. The van der Waals surface area contributed by atoms with Crippen molar-refractivity contribution in [2.75, 3.05) is 27.1 Å². The Morgan fingerprint density at radius 2 is 1.62 bits per heavy atom. The fourth-order valence-electron chi connectivity index (χ4n) is 3.66. The first-order valence-electron chi connectivity index (χ1n) is 12.0. The average Bonchev–Trinajstić information content (AvgIpc) is 3.40. The Kier molecular flexibility index (Phi) is 9.36. The van der Waals surface area contributed by atoms with Crippen molar-refractivity contribution in [3.63, 3.8) is 0 Å². The quantitative estimate of drug-likeness (QED) is 0.0946. The van der Waals surface area contributed by atoms with Crippen LogP contribution in [0.2, 0.25) is 0 Å². The number of carbonyl (C=O) groups excluding carboxylic acids is 2. The number of aromatic nitrogens is 3. The molecule has 0 spiro atoms. The number of amides is 1. The second kappa shape index (κ2) is 13.3. The summed E-state index contributed by atoms with van der Waals surface area (Å²) in [5.41, 5.74) is 4.78. The topological polar surface area (TPSA) is 126 Å². The van der Waals surface area contributed by atoms with Gasteiger partial charge in [-0.2, -0.15) is 5.10 Å². The highest BCUT2D eigenvalue weighted by Crippen LogP contribution is 2.38. The van der Waals surface area contributed by atoms with E-state index in [1.165, 1.54) is 39.1 Å². The maximum absolute atomic E-state index is 12.6. The molecule has 1 amide bonds. The first-order valence-corrected chi connectivity index (χ1v) is 13.0. The van der Waals surface area contributed by atoms with E-state index in [2.05, 4.69) is 20.7 Å². The Hall–Kier alpha value is -4.84. The Bertz CT molecular complexity index is 1480. The molecule has 4 rings (SSSR count). The summed E-state index contributed by atoms with van der Waals surface area (Å²) in [5, 5.41) is 13.3. The van der Waals surface area contributed by atoms with Gasteiger partial charge < -0.3 is 18.9 Å². The third-order valence-corrected chi connectivity index (χ3v) is 6.39. The Morgan fingerprint density at radius 1 is 0.950 bits per heavy atom. The van der Waals surface area contributed by atoms with E-state index in [0.717, 1.165) is 17.0 Å². The van der Waals surface area contributed by atoms with Crippen LogP contribution < -0.4 is 24.4 Å². The molecule has 0 bridgehead atoms. The monoisotopic (exact) mass is 561 g/mol. The van der Waals surface area contributed by atoms with Crippen LogP contribution in [0.4, 0.5) is 0 Å². The van der Waals surface area contributed by atoms with Gasteiger partial charge in [0.15, 0.2) is 22.5 Å². The molecule has 0 aliphatic rings. The molecule has 206 valence electrons. The van der Waals surface area contributed by atoms with Crippen molar-refractivity contribution in [3.8, 4) is 40.1 Å². The fraction of sp³-hybridized carbons (Fsp3) is 0.179. The molecule has 0 aliphatic heterocycles. The number of hydrazone groups is 1. The van der Waals surface area contributed by atoms with Gasteiger partial charge in [0.2, 0.25) is 5.75 Å². The van der Waals surface area contributed by atoms with Crippen molar-refractivity contribution in [3.05, 3.63) is 72.3 Å². The molecule has 11 nitrogen and oxygen atoms in total. The molecule has 1 N–H and O–H groups in total. The van der Waals surface area contributed by atoms with Crippen LogP contribution in [-0.4, -0.2) is 59.9 Å². The van der Waals surface area contributed by atoms with Gasteiger partial charge in [0, 0.05) is 23.7 Å². The zero-order valence-corrected chi connectivity index (χ0v) is 23.1. The van der Waals surface area contributed by atoms with Crippen LogP contribution in [0.25, 0.3) is 17.1 Å². The number of methoxy groups -OCH3 is 3. The van der Waals surface area contributed by atoms with Crippen molar-refractivity contribution < 1.29 is 28.5 Å². The third-order valence-electron chi connectivity index (χ3n) is 5.46. The Labute approximate surface area is 235 Å². The summed E-state index contributed by atoms with van der Waals surface area (Å²) in [4.78, 5) is 24.0. The minimum atomic E-state index is -0.512. The predicted octanol–water partition coefficient (Wildman–Crippen LogP) is 4.13. The van der Waals surface area contributed by atoms with Crippen LogP contribution in [-0.2, 0) is 9.59 Å². The number of hydrogen-bond acceptors (Lipinski definition) is 10. The number of benzene rings is 3. The van der Waals surface area contributed by atoms with Crippen LogP contribution in [0.15, 0.2) is 77.0 Å². The number of nitrogens with one attached hydrogen (secondary N) is 1. The number of carbonyl (C=O) groups is 2. The van der Waals surface area contributed by atoms with Crippen LogP contribution in [0.3, 0.4) is 0 Å². The number of thioether (sulfide) groups is 1. The van der Waals surface area contributed by atoms with Crippen molar-refractivity contribution in [2.45, 2.75) is 12.1 Å². The summed E-state index contributed by atoms with van der Waals surface area (Å²) in [5.74, 6) is 1.28. The smallest absolute Gasteiger partial charge is 0.308 e. The Morgan fingerprint density at radius 3 is 2.23 bits per heavy atom. The molecule has 1 aromatic heterocycles. The highest BCUT2D eigenvalue weighted by molar-refractivity contribution is 7.99. The van der Waals surface area contributed by atoms with Gasteiger partial charge in [-0.05, 0) is 48.5 Å².